The molecule has 1 aromatic carbocycles. The highest BCUT2D eigenvalue weighted by Gasteiger charge is 2.21. The standard InChI is InChI=1S/C14H19F2N3S/c1-8(2)12(7-18(3)4)19-11-6-9(15)5-10(16)13(11)17-14(19)20/h5-6,8,12H,7H2,1-4H3,(H,17,20). The van der Waals surface area contributed by atoms with Gasteiger partial charge in [0.05, 0.1) is 11.6 Å². The first-order valence-electron chi connectivity index (χ1n) is 6.55. The summed E-state index contributed by atoms with van der Waals surface area (Å²) in [5.74, 6) is -0.920. The molecule has 0 saturated heterocycles. The molecule has 0 aliphatic rings. The van der Waals surface area contributed by atoms with Crippen molar-refractivity contribution in [1.82, 2.24) is 14.5 Å². The van der Waals surface area contributed by atoms with Crippen molar-refractivity contribution < 1.29 is 8.78 Å². The monoisotopic (exact) mass is 299 g/mol. The molecular weight excluding hydrogens is 280 g/mol. The van der Waals surface area contributed by atoms with Crippen molar-refractivity contribution in [3.8, 4) is 0 Å². The second kappa shape index (κ2) is 5.61. The number of halogens is 2. The Bertz CT molecular complexity index is 673. The van der Waals surface area contributed by atoms with Gasteiger partial charge in [-0.2, -0.15) is 0 Å². The number of imidazole rings is 1. The van der Waals surface area contributed by atoms with Gasteiger partial charge in [0.25, 0.3) is 0 Å². The van der Waals surface area contributed by atoms with Crippen LogP contribution in [0.4, 0.5) is 8.78 Å². The lowest BCUT2D eigenvalue weighted by molar-refractivity contribution is 0.272. The lowest BCUT2D eigenvalue weighted by atomic mass is 10.0. The van der Waals surface area contributed by atoms with E-state index in [9.17, 15) is 8.78 Å². The molecule has 0 amide bonds. The molecule has 20 heavy (non-hydrogen) atoms. The molecular formula is C14H19F2N3S. The summed E-state index contributed by atoms with van der Waals surface area (Å²) in [5.41, 5.74) is 0.744. The van der Waals surface area contributed by atoms with E-state index in [1.165, 1.54) is 6.07 Å². The highest BCUT2D eigenvalue weighted by atomic mass is 32.1. The minimum atomic E-state index is -0.614. The normalized spacial score (nSPS) is 13.6. The Labute approximate surface area is 122 Å². The lowest BCUT2D eigenvalue weighted by Crippen LogP contribution is -2.28. The maximum atomic E-state index is 13.8. The minimum Gasteiger partial charge on any atom is -0.328 e. The van der Waals surface area contributed by atoms with Crippen LogP contribution in [0, 0.1) is 22.3 Å². The van der Waals surface area contributed by atoms with Crippen molar-refractivity contribution in [3.63, 3.8) is 0 Å². The van der Waals surface area contributed by atoms with Crippen LogP contribution in [0.1, 0.15) is 19.9 Å². The minimum absolute atomic E-state index is 0.0486. The topological polar surface area (TPSA) is 24.0 Å². The molecule has 1 aromatic heterocycles. The predicted octanol–water partition coefficient (Wildman–Crippen LogP) is 3.74. The van der Waals surface area contributed by atoms with Gasteiger partial charge in [-0.15, -0.1) is 0 Å². The van der Waals surface area contributed by atoms with Gasteiger partial charge < -0.3 is 14.5 Å². The van der Waals surface area contributed by atoms with Crippen LogP contribution in [0.3, 0.4) is 0 Å². The van der Waals surface area contributed by atoms with Crippen molar-refractivity contribution >= 4 is 23.3 Å². The van der Waals surface area contributed by atoms with E-state index in [1.54, 1.807) is 0 Å². The smallest absolute Gasteiger partial charge is 0.178 e. The third-order valence-electron chi connectivity index (χ3n) is 3.40. The van der Waals surface area contributed by atoms with Crippen LogP contribution in [0.25, 0.3) is 11.0 Å². The van der Waals surface area contributed by atoms with Crippen molar-refractivity contribution in [3.05, 3.63) is 28.5 Å². The van der Waals surface area contributed by atoms with Crippen molar-refractivity contribution in [2.24, 2.45) is 5.92 Å². The summed E-state index contributed by atoms with van der Waals surface area (Å²) >= 11 is 5.30. The van der Waals surface area contributed by atoms with Crippen LogP contribution in [0.15, 0.2) is 12.1 Å². The molecule has 0 bridgehead atoms. The fourth-order valence-corrected chi connectivity index (χ4v) is 2.78. The number of benzene rings is 1. The van der Waals surface area contributed by atoms with E-state index in [0.717, 1.165) is 12.6 Å². The molecule has 1 unspecified atom stereocenters. The number of aromatic nitrogens is 2. The molecule has 0 radical (unpaired) electrons. The third kappa shape index (κ3) is 2.76. The molecule has 1 heterocycles. The molecule has 2 rings (SSSR count). The van der Waals surface area contributed by atoms with Gasteiger partial charge in [-0.05, 0) is 38.3 Å². The highest BCUT2D eigenvalue weighted by molar-refractivity contribution is 7.71. The highest BCUT2D eigenvalue weighted by Crippen LogP contribution is 2.27. The SMILES string of the molecule is CC(C)C(CN(C)C)n1c(=S)[nH]c2c(F)cc(F)cc21. The maximum Gasteiger partial charge on any atom is 0.178 e. The number of nitrogens with one attached hydrogen (secondary N) is 1. The molecule has 0 saturated carbocycles. The van der Waals surface area contributed by atoms with E-state index < -0.39 is 11.6 Å². The number of hydrogen-bond donors (Lipinski definition) is 1. The van der Waals surface area contributed by atoms with E-state index in [-0.39, 0.29) is 17.5 Å². The molecule has 110 valence electrons. The fourth-order valence-electron chi connectivity index (χ4n) is 2.44. The summed E-state index contributed by atoms with van der Waals surface area (Å²) in [6.07, 6.45) is 0. The van der Waals surface area contributed by atoms with Crippen LogP contribution >= 0.6 is 12.2 Å². The molecule has 1 atom stereocenters. The maximum absolute atomic E-state index is 13.8. The molecule has 3 nitrogen and oxygen atoms in total. The van der Waals surface area contributed by atoms with Crippen molar-refractivity contribution in [2.75, 3.05) is 20.6 Å². The van der Waals surface area contributed by atoms with Gasteiger partial charge in [0.15, 0.2) is 10.6 Å². The van der Waals surface area contributed by atoms with Crippen molar-refractivity contribution in [1.29, 1.82) is 0 Å². The van der Waals surface area contributed by atoms with Gasteiger partial charge >= 0.3 is 0 Å². The molecule has 2 aromatic rings. The van der Waals surface area contributed by atoms with Gasteiger partial charge in [0.1, 0.15) is 11.3 Å². The average molecular weight is 299 g/mol. The molecule has 0 aliphatic heterocycles. The van der Waals surface area contributed by atoms with Crippen LogP contribution < -0.4 is 0 Å². The zero-order chi connectivity index (χ0) is 15.0. The van der Waals surface area contributed by atoms with E-state index in [0.29, 0.717) is 10.3 Å². The summed E-state index contributed by atoms with van der Waals surface area (Å²) in [4.78, 5) is 4.89. The first-order chi connectivity index (χ1) is 9.31. The number of hydrogen-bond acceptors (Lipinski definition) is 2. The van der Waals surface area contributed by atoms with Gasteiger partial charge in [0, 0.05) is 12.6 Å². The van der Waals surface area contributed by atoms with Gasteiger partial charge in [0.2, 0.25) is 0 Å². The summed E-state index contributed by atoms with van der Waals surface area (Å²) in [7, 11) is 3.93. The van der Waals surface area contributed by atoms with Crippen molar-refractivity contribution in [2.45, 2.75) is 19.9 Å². The number of rotatable bonds is 4. The summed E-state index contributed by atoms with van der Waals surface area (Å²) in [6.45, 7) is 4.89. The van der Waals surface area contributed by atoms with Crippen LogP contribution in [0.5, 0.6) is 0 Å². The quantitative estimate of drug-likeness (QED) is 0.870. The first kappa shape index (κ1) is 15.1. The Morgan fingerprint density at radius 2 is 1.95 bits per heavy atom. The number of nitrogens with zero attached hydrogens (tertiary/aromatic N) is 2. The first-order valence-corrected chi connectivity index (χ1v) is 6.96. The zero-order valence-electron chi connectivity index (χ0n) is 12.1. The Balaban J connectivity index is 2.68. The summed E-state index contributed by atoms with van der Waals surface area (Å²) in [5, 5.41) is 0. The summed E-state index contributed by atoms with van der Waals surface area (Å²) in [6, 6.07) is 2.25. The fraction of sp³-hybridized carbons (Fsp3) is 0.500. The third-order valence-corrected chi connectivity index (χ3v) is 3.70. The molecule has 0 fully saturated rings. The Morgan fingerprint density at radius 1 is 1.30 bits per heavy atom. The van der Waals surface area contributed by atoms with E-state index in [4.69, 9.17) is 12.2 Å². The number of H-pyrrole nitrogens is 1. The number of fused-ring (bicyclic) bond motifs is 1. The Hall–Kier alpha value is -1.27. The second-order valence-corrected chi connectivity index (χ2v) is 6.04. The Kier molecular flexibility index (Phi) is 4.25. The zero-order valence-corrected chi connectivity index (χ0v) is 12.9. The van der Waals surface area contributed by atoms with Gasteiger partial charge in [-0.1, -0.05) is 13.8 Å². The largest absolute Gasteiger partial charge is 0.328 e. The van der Waals surface area contributed by atoms with Crippen LogP contribution in [-0.2, 0) is 0 Å². The van der Waals surface area contributed by atoms with Crippen LogP contribution in [0.2, 0.25) is 0 Å². The van der Waals surface area contributed by atoms with E-state index >= 15 is 0 Å². The van der Waals surface area contributed by atoms with E-state index in [1.807, 2.05) is 23.6 Å². The second-order valence-electron chi connectivity index (χ2n) is 5.66. The molecule has 6 heteroatoms. The van der Waals surface area contributed by atoms with Gasteiger partial charge in [-0.25, -0.2) is 8.78 Å². The average Bonchev–Trinajstić information content (AvgIpc) is 2.62. The number of likely N-dealkylation sites (N-methyl/N-ethyl adjacent to an activating group) is 1. The number of aromatic amines is 1. The Morgan fingerprint density at radius 3 is 2.50 bits per heavy atom. The molecule has 0 spiro atoms. The van der Waals surface area contributed by atoms with Crippen LogP contribution in [-0.4, -0.2) is 35.1 Å². The lowest BCUT2D eigenvalue weighted by Gasteiger charge is -2.26. The molecule has 0 aliphatic carbocycles. The predicted molar refractivity (Wildman–Crippen MR) is 79.5 cm³/mol. The van der Waals surface area contributed by atoms with E-state index in [2.05, 4.69) is 18.8 Å². The summed E-state index contributed by atoms with van der Waals surface area (Å²) < 4.78 is 29.6. The molecule has 1 N–H and O–H groups in total. The van der Waals surface area contributed by atoms with Gasteiger partial charge in [-0.3, -0.25) is 0 Å².